The maximum Gasteiger partial charge on any atom is 0.261 e. The van der Waals surface area contributed by atoms with Crippen LogP contribution in [-0.4, -0.2) is 31.4 Å². The maximum atomic E-state index is 12.0. The SMILES string of the molecule is CCCNCCNC(=O)c1ccc(CNC(=O)c2cccs2)cc1. The topological polar surface area (TPSA) is 70.2 Å². The summed E-state index contributed by atoms with van der Waals surface area (Å²) in [5.74, 6) is -0.158. The first-order chi connectivity index (χ1) is 11.7. The summed E-state index contributed by atoms with van der Waals surface area (Å²) >= 11 is 1.41. The lowest BCUT2D eigenvalue weighted by molar-refractivity contribution is 0.0945. The van der Waals surface area contributed by atoms with Crippen molar-refractivity contribution in [3.8, 4) is 0 Å². The quantitative estimate of drug-likeness (QED) is 0.611. The summed E-state index contributed by atoms with van der Waals surface area (Å²) in [5.41, 5.74) is 1.58. The third kappa shape index (κ3) is 5.79. The first-order valence-electron chi connectivity index (χ1n) is 8.10. The van der Waals surface area contributed by atoms with Crippen LogP contribution >= 0.6 is 11.3 Å². The van der Waals surface area contributed by atoms with E-state index in [1.165, 1.54) is 11.3 Å². The van der Waals surface area contributed by atoms with Crippen LogP contribution in [0.3, 0.4) is 0 Å². The maximum absolute atomic E-state index is 12.0. The first kappa shape index (κ1) is 18.2. The number of hydrogen-bond acceptors (Lipinski definition) is 4. The zero-order chi connectivity index (χ0) is 17.2. The van der Waals surface area contributed by atoms with Crippen molar-refractivity contribution in [2.24, 2.45) is 0 Å². The molecule has 0 aliphatic carbocycles. The number of rotatable bonds is 9. The third-order valence-corrected chi connectivity index (χ3v) is 4.30. The van der Waals surface area contributed by atoms with E-state index in [1.54, 1.807) is 18.2 Å². The molecule has 24 heavy (non-hydrogen) atoms. The highest BCUT2D eigenvalue weighted by Gasteiger charge is 2.07. The average Bonchev–Trinajstić information content (AvgIpc) is 3.14. The third-order valence-electron chi connectivity index (χ3n) is 3.43. The molecule has 2 rings (SSSR count). The molecule has 128 valence electrons. The van der Waals surface area contributed by atoms with Gasteiger partial charge in [-0.1, -0.05) is 25.1 Å². The molecule has 6 heteroatoms. The summed E-state index contributed by atoms with van der Waals surface area (Å²) in [6.07, 6.45) is 1.08. The molecule has 2 aromatic rings. The van der Waals surface area contributed by atoms with E-state index < -0.39 is 0 Å². The Bertz CT molecular complexity index is 639. The summed E-state index contributed by atoms with van der Waals surface area (Å²) in [5, 5.41) is 10.9. The van der Waals surface area contributed by atoms with Gasteiger partial charge in [0, 0.05) is 25.2 Å². The molecule has 0 saturated heterocycles. The Hall–Kier alpha value is -2.18. The largest absolute Gasteiger partial charge is 0.351 e. The summed E-state index contributed by atoms with van der Waals surface area (Å²) in [4.78, 5) is 24.6. The predicted molar refractivity (Wildman–Crippen MR) is 97.4 cm³/mol. The van der Waals surface area contributed by atoms with Crippen molar-refractivity contribution < 1.29 is 9.59 Å². The molecule has 0 radical (unpaired) electrons. The fraction of sp³-hybridized carbons (Fsp3) is 0.333. The molecule has 1 heterocycles. The minimum Gasteiger partial charge on any atom is -0.351 e. The second-order valence-corrected chi connectivity index (χ2v) is 6.31. The number of benzene rings is 1. The van der Waals surface area contributed by atoms with Crippen molar-refractivity contribution in [2.45, 2.75) is 19.9 Å². The number of amides is 2. The highest BCUT2D eigenvalue weighted by Crippen LogP contribution is 2.09. The van der Waals surface area contributed by atoms with Gasteiger partial charge in [0.05, 0.1) is 4.88 Å². The van der Waals surface area contributed by atoms with Gasteiger partial charge in [-0.25, -0.2) is 0 Å². The molecule has 3 N–H and O–H groups in total. The van der Waals surface area contributed by atoms with Crippen molar-refractivity contribution in [2.75, 3.05) is 19.6 Å². The Morgan fingerprint density at radius 3 is 2.42 bits per heavy atom. The van der Waals surface area contributed by atoms with Crippen molar-refractivity contribution >= 4 is 23.2 Å². The molecular formula is C18H23N3O2S. The van der Waals surface area contributed by atoms with Crippen LogP contribution in [-0.2, 0) is 6.54 Å². The van der Waals surface area contributed by atoms with Crippen molar-refractivity contribution in [3.63, 3.8) is 0 Å². The molecule has 5 nitrogen and oxygen atoms in total. The van der Waals surface area contributed by atoms with E-state index in [2.05, 4.69) is 22.9 Å². The Morgan fingerprint density at radius 1 is 0.958 bits per heavy atom. The van der Waals surface area contributed by atoms with E-state index >= 15 is 0 Å². The van der Waals surface area contributed by atoms with E-state index in [-0.39, 0.29) is 11.8 Å². The number of thiophene rings is 1. The van der Waals surface area contributed by atoms with Gasteiger partial charge in [0.1, 0.15) is 0 Å². The molecule has 0 bridgehead atoms. The molecule has 1 aromatic heterocycles. The predicted octanol–water partition coefficient (Wildman–Crippen LogP) is 2.41. The van der Waals surface area contributed by atoms with Crippen LogP contribution in [0.2, 0.25) is 0 Å². The number of carbonyl (C=O) groups is 2. The van der Waals surface area contributed by atoms with Crippen molar-refractivity contribution in [3.05, 3.63) is 57.8 Å². The van der Waals surface area contributed by atoms with E-state index in [4.69, 9.17) is 0 Å². The standard InChI is InChI=1S/C18H23N3O2S/c1-2-9-19-10-11-20-17(22)15-7-5-14(6-8-15)13-21-18(23)16-4-3-12-24-16/h3-8,12,19H,2,9-11,13H2,1H3,(H,20,22)(H,21,23). The van der Waals surface area contributed by atoms with Gasteiger partial charge in [0.2, 0.25) is 0 Å². The second kappa shape index (κ2) is 9.85. The lowest BCUT2D eigenvalue weighted by atomic mass is 10.1. The van der Waals surface area contributed by atoms with Crippen LogP contribution in [0.15, 0.2) is 41.8 Å². The van der Waals surface area contributed by atoms with Crippen molar-refractivity contribution in [1.82, 2.24) is 16.0 Å². The molecule has 2 amide bonds. The Morgan fingerprint density at radius 2 is 1.75 bits per heavy atom. The molecule has 0 fully saturated rings. The zero-order valence-electron chi connectivity index (χ0n) is 13.8. The smallest absolute Gasteiger partial charge is 0.261 e. The minimum atomic E-state index is -0.0810. The summed E-state index contributed by atoms with van der Waals surface area (Å²) in [6, 6.07) is 10.9. The van der Waals surface area contributed by atoms with Gasteiger partial charge in [0.25, 0.3) is 11.8 Å². The van der Waals surface area contributed by atoms with Crippen LogP contribution in [0.1, 0.15) is 38.9 Å². The van der Waals surface area contributed by atoms with Gasteiger partial charge in [0.15, 0.2) is 0 Å². The Kier molecular flexibility index (Phi) is 7.45. The van der Waals surface area contributed by atoms with Gasteiger partial charge in [-0.05, 0) is 42.1 Å². The minimum absolute atomic E-state index is 0.0774. The summed E-state index contributed by atoms with van der Waals surface area (Å²) < 4.78 is 0. The summed E-state index contributed by atoms with van der Waals surface area (Å²) in [6.45, 7) is 4.89. The van der Waals surface area contributed by atoms with Crippen LogP contribution in [0.5, 0.6) is 0 Å². The highest BCUT2D eigenvalue weighted by atomic mass is 32.1. The zero-order valence-corrected chi connectivity index (χ0v) is 14.6. The van der Waals surface area contributed by atoms with Gasteiger partial charge < -0.3 is 16.0 Å². The lowest BCUT2D eigenvalue weighted by Crippen LogP contribution is -2.32. The summed E-state index contributed by atoms with van der Waals surface area (Å²) in [7, 11) is 0. The van der Waals surface area contributed by atoms with Crippen LogP contribution in [0, 0.1) is 0 Å². The molecular weight excluding hydrogens is 322 g/mol. The monoisotopic (exact) mass is 345 g/mol. The van der Waals surface area contributed by atoms with Crippen LogP contribution in [0.25, 0.3) is 0 Å². The lowest BCUT2D eigenvalue weighted by Gasteiger charge is -2.08. The van der Waals surface area contributed by atoms with Gasteiger partial charge in [-0.15, -0.1) is 11.3 Å². The molecule has 0 atom stereocenters. The van der Waals surface area contributed by atoms with Gasteiger partial charge in [-0.3, -0.25) is 9.59 Å². The first-order valence-corrected chi connectivity index (χ1v) is 8.98. The van der Waals surface area contributed by atoms with E-state index in [0.717, 1.165) is 25.1 Å². The molecule has 1 aromatic carbocycles. The van der Waals surface area contributed by atoms with Crippen LogP contribution < -0.4 is 16.0 Å². The van der Waals surface area contributed by atoms with Crippen molar-refractivity contribution in [1.29, 1.82) is 0 Å². The van der Waals surface area contributed by atoms with E-state index in [1.807, 2.05) is 23.6 Å². The Balaban J connectivity index is 1.75. The van der Waals surface area contributed by atoms with Gasteiger partial charge >= 0.3 is 0 Å². The molecule has 0 saturated carbocycles. The average molecular weight is 345 g/mol. The second-order valence-electron chi connectivity index (χ2n) is 5.36. The fourth-order valence-corrected chi connectivity index (χ4v) is 2.76. The molecule has 0 aliphatic heterocycles. The highest BCUT2D eigenvalue weighted by molar-refractivity contribution is 7.12. The Labute approximate surface area is 146 Å². The molecule has 0 aliphatic rings. The van der Waals surface area contributed by atoms with E-state index in [0.29, 0.717) is 23.5 Å². The normalized spacial score (nSPS) is 10.4. The fourth-order valence-electron chi connectivity index (χ4n) is 2.12. The molecule has 0 unspecified atom stereocenters. The van der Waals surface area contributed by atoms with E-state index in [9.17, 15) is 9.59 Å². The van der Waals surface area contributed by atoms with Crippen LogP contribution in [0.4, 0.5) is 0 Å². The number of nitrogens with one attached hydrogen (secondary N) is 3. The van der Waals surface area contributed by atoms with Gasteiger partial charge in [-0.2, -0.15) is 0 Å². The molecule has 0 spiro atoms. The number of carbonyl (C=O) groups excluding carboxylic acids is 2. The number of hydrogen-bond donors (Lipinski definition) is 3.